The van der Waals surface area contributed by atoms with Gasteiger partial charge in [-0.25, -0.2) is 4.68 Å². The standard InChI is InChI=1S/C16H12ClN3O2/c17-12-6-8-13(9-7-12)20-14(10-15(21)22)16(18-19-20)11-4-2-1-3-5-11/h1-9H,10H2,(H,21,22). The summed E-state index contributed by atoms with van der Waals surface area (Å²) in [6.07, 6.45) is -0.167. The third-order valence-electron chi connectivity index (χ3n) is 3.20. The van der Waals surface area contributed by atoms with Crippen molar-refractivity contribution in [2.75, 3.05) is 0 Å². The first-order chi connectivity index (χ1) is 10.6. The molecule has 0 aliphatic carbocycles. The Bertz CT molecular complexity index is 798. The normalized spacial score (nSPS) is 10.6. The van der Waals surface area contributed by atoms with E-state index >= 15 is 0 Å². The third kappa shape index (κ3) is 2.84. The van der Waals surface area contributed by atoms with Gasteiger partial charge in [-0.2, -0.15) is 0 Å². The first kappa shape index (κ1) is 14.3. The van der Waals surface area contributed by atoms with Crippen LogP contribution in [-0.4, -0.2) is 26.1 Å². The minimum atomic E-state index is -0.935. The van der Waals surface area contributed by atoms with E-state index in [2.05, 4.69) is 10.3 Å². The van der Waals surface area contributed by atoms with Crippen molar-refractivity contribution in [3.8, 4) is 16.9 Å². The molecule has 0 saturated carbocycles. The van der Waals surface area contributed by atoms with Crippen LogP contribution in [0.4, 0.5) is 0 Å². The van der Waals surface area contributed by atoms with Gasteiger partial charge >= 0.3 is 5.97 Å². The summed E-state index contributed by atoms with van der Waals surface area (Å²) in [7, 11) is 0. The second-order valence-electron chi connectivity index (χ2n) is 4.71. The van der Waals surface area contributed by atoms with Crippen LogP contribution in [-0.2, 0) is 11.2 Å². The predicted octanol–water partition coefficient (Wildman–Crippen LogP) is 3.21. The Hall–Kier alpha value is -2.66. The largest absolute Gasteiger partial charge is 0.481 e. The van der Waals surface area contributed by atoms with Gasteiger partial charge in [-0.05, 0) is 24.3 Å². The number of aliphatic carboxylic acids is 1. The smallest absolute Gasteiger partial charge is 0.309 e. The SMILES string of the molecule is O=C(O)Cc1c(-c2ccccc2)nnn1-c1ccc(Cl)cc1. The number of benzene rings is 2. The Morgan fingerprint density at radius 3 is 2.41 bits per heavy atom. The molecule has 6 heteroatoms. The van der Waals surface area contributed by atoms with Crippen LogP contribution in [0.2, 0.25) is 5.02 Å². The Morgan fingerprint density at radius 1 is 1.09 bits per heavy atom. The van der Waals surface area contributed by atoms with Gasteiger partial charge in [-0.1, -0.05) is 47.1 Å². The quantitative estimate of drug-likeness (QED) is 0.803. The number of carbonyl (C=O) groups is 1. The molecular formula is C16H12ClN3O2. The molecule has 22 heavy (non-hydrogen) atoms. The van der Waals surface area contributed by atoms with Gasteiger partial charge in [-0.15, -0.1) is 5.10 Å². The molecule has 1 aromatic heterocycles. The molecule has 1 N–H and O–H groups in total. The lowest BCUT2D eigenvalue weighted by Crippen LogP contribution is -2.09. The fraction of sp³-hybridized carbons (Fsp3) is 0.0625. The van der Waals surface area contributed by atoms with Crippen LogP contribution in [0.1, 0.15) is 5.69 Å². The van der Waals surface area contributed by atoms with Crippen molar-refractivity contribution in [3.05, 3.63) is 65.3 Å². The summed E-state index contributed by atoms with van der Waals surface area (Å²) in [6.45, 7) is 0. The summed E-state index contributed by atoms with van der Waals surface area (Å²) in [5, 5.41) is 18.0. The van der Waals surface area contributed by atoms with Crippen LogP contribution in [0.5, 0.6) is 0 Å². The van der Waals surface area contributed by atoms with Crippen molar-refractivity contribution < 1.29 is 9.90 Å². The molecular weight excluding hydrogens is 302 g/mol. The van der Waals surface area contributed by atoms with Gasteiger partial charge in [-0.3, -0.25) is 4.79 Å². The van der Waals surface area contributed by atoms with Gasteiger partial charge < -0.3 is 5.11 Å². The molecule has 0 amide bonds. The maximum absolute atomic E-state index is 11.2. The lowest BCUT2D eigenvalue weighted by molar-refractivity contribution is -0.136. The number of nitrogens with zero attached hydrogens (tertiary/aromatic N) is 3. The summed E-state index contributed by atoms with van der Waals surface area (Å²) in [5.74, 6) is -0.935. The molecule has 3 rings (SSSR count). The number of hydrogen-bond donors (Lipinski definition) is 1. The molecule has 0 radical (unpaired) electrons. The zero-order chi connectivity index (χ0) is 15.5. The number of halogens is 1. The second kappa shape index (κ2) is 5.99. The molecule has 0 aliphatic heterocycles. The molecule has 0 spiro atoms. The summed E-state index contributed by atoms with van der Waals surface area (Å²) < 4.78 is 1.53. The van der Waals surface area contributed by atoms with E-state index in [4.69, 9.17) is 11.6 Å². The number of hydrogen-bond acceptors (Lipinski definition) is 3. The van der Waals surface area contributed by atoms with Crippen molar-refractivity contribution in [3.63, 3.8) is 0 Å². The molecule has 110 valence electrons. The molecule has 3 aromatic rings. The topological polar surface area (TPSA) is 68.0 Å². The maximum Gasteiger partial charge on any atom is 0.309 e. The van der Waals surface area contributed by atoms with Gasteiger partial charge in [0, 0.05) is 10.6 Å². The van der Waals surface area contributed by atoms with E-state index in [0.717, 1.165) is 11.3 Å². The van der Waals surface area contributed by atoms with E-state index in [1.54, 1.807) is 24.3 Å². The van der Waals surface area contributed by atoms with Gasteiger partial charge in [0.25, 0.3) is 0 Å². The van der Waals surface area contributed by atoms with Crippen LogP contribution < -0.4 is 0 Å². The average Bonchev–Trinajstić information content (AvgIpc) is 2.92. The lowest BCUT2D eigenvalue weighted by Gasteiger charge is -2.06. The minimum absolute atomic E-state index is 0.167. The number of carboxylic acid groups (broad SMARTS) is 1. The number of rotatable bonds is 4. The van der Waals surface area contributed by atoms with E-state index in [9.17, 15) is 9.90 Å². The predicted molar refractivity (Wildman–Crippen MR) is 83.1 cm³/mol. The Morgan fingerprint density at radius 2 is 1.77 bits per heavy atom. The third-order valence-corrected chi connectivity index (χ3v) is 3.45. The van der Waals surface area contributed by atoms with Crippen LogP contribution in [0, 0.1) is 0 Å². The molecule has 0 bridgehead atoms. The molecule has 5 nitrogen and oxygen atoms in total. The van der Waals surface area contributed by atoms with Crippen LogP contribution in [0.25, 0.3) is 16.9 Å². The van der Waals surface area contributed by atoms with E-state index < -0.39 is 5.97 Å². The van der Waals surface area contributed by atoms with Crippen molar-refractivity contribution in [2.24, 2.45) is 0 Å². The molecule has 0 saturated heterocycles. The van der Waals surface area contributed by atoms with Crippen molar-refractivity contribution >= 4 is 17.6 Å². The van der Waals surface area contributed by atoms with Gasteiger partial charge in [0.15, 0.2) is 0 Å². The summed E-state index contributed by atoms with van der Waals surface area (Å²) in [4.78, 5) is 11.2. The first-order valence-electron chi connectivity index (χ1n) is 6.63. The zero-order valence-corrected chi connectivity index (χ0v) is 12.2. The first-order valence-corrected chi connectivity index (χ1v) is 7.00. The van der Waals surface area contributed by atoms with E-state index in [0.29, 0.717) is 16.4 Å². The summed E-state index contributed by atoms with van der Waals surface area (Å²) >= 11 is 5.88. The zero-order valence-electron chi connectivity index (χ0n) is 11.5. The van der Waals surface area contributed by atoms with Crippen molar-refractivity contribution in [2.45, 2.75) is 6.42 Å². The fourth-order valence-electron chi connectivity index (χ4n) is 2.21. The molecule has 0 atom stereocenters. The van der Waals surface area contributed by atoms with E-state index in [-0.39, 0.29) is 6.42 Å². The highest BCUT2D eigenvalue weighted by atomic mass is 35.5. The van der Waals surface area contributed by atoms with E-state index in [1.807, 2.05) is 30.3 Å². The van der Waals surface area contributed by atoms with E-state index in [1.165, 1.54) is 4.68 Å². The monoisotopic (exact) mass is 313 g/mol. The summed E-state index contributed by atoms with van der Waals surface area (Å²) in [5.41, 5.74) is 2.65. The van der Waals surface area contributed by atoms with Gasteiger partial charge in [0.1, 0.15) is 5.69 Å². The Balaban J connectivity index is 2.13. The molecule has 2 aromatic carbocycles. The highest BCUT2D eigenvalue weighted by Crippen LogP contribution is 2.24. The Kier molecular flexibility index (Phi) is 3.89. The highest BCUT2D eigenvalue weighted by molar-refractivity contribution is 6.30. The van der Waals surface area contributed by atoms with Crippen molar-refractivity contribution in [1.82, 2.24) is 15.0 Å². The van der Waals surface area contributed by atoms with Crippen LogP contribution >= 0.6 is 11.6 Å². The fourth-order valence-corrected chi connectivity index (χ4v) is 2.34. The van der Waals surface area contributed by atoms with Crippen LogP contribution in [0.3, 0.4) is 0 Å². The molecule has 0 fully saturated rings. The maximum atomic E-state index is 11.2. The number of carboxylic acids is 1. The van der Waals surface area contributed by atoms with Crippen molar-refractivity contribution in [1.29, 1.82) is 0 Å². The van der Waals surface area contributed by atoms with Crippen LogP contribution in [0.15, 0.2) is 54.6 Å². The second-order valence-corrected chi connectivity index (χ2v) is 5.15. The molecule has 0 aliphatic rings. The van der Waals surface area contributed by atoms with Gasteiger partial charge in [0.05, 0.1) is 17.8 Å². The molecule has 1 heterocycles. The number of aromatic nitrogens is 3. The average molecular weight is 314 g/mol. The lowest BCUT2D eigenvalue weighted by atomic mass is 10.1. The Labute approximate surface area is 131 Å². The minimum Gasteiger partial charge on any atom is -0.481 e. The van der Waals surface area contributed by atoms with Gasteiger partial charge in [0.2, 0.25) is 0 Å². The summed E-state index contributed by atoms with van der Waals surface area (Å²) in [6, 6.07) is 16.4. The highest BCUT2D eigenvalue weighted by Gasteiger charge is 2.18. The molecule has 0 unspecified atom stereocenters.